The number of hydrogen-bond acceptors (Lipinski definition) is 5. The summed E-state index contributed by atoms with van der Waals surface area (Å²) in [6.45, 7) is 0.251. The minimum absolute atomic E-state index is 0.0196. The highest BCUT2D eigenvalue weighted by atomic mass is 16.3. The van der Waals surface area contributed by atoms with Crippen LogP contribution in [0.3, 0.4) is 0 Å². The highest BCUT2D eigenvalue weighted by molar-refractivity contribution is 5.97. The molecule has 1 amide bonds. The van der Waals surface area contributed by atoms with Crippen molar-refractivity contribution in [1.29, 1.82) is 0 Å². The fraction of sp³-hybridized carbons (Fsp3) is 0.286. The summed E-state index contributed by atoms with van der Waals surface area (Å²) in [6.07, 6.45) is 4.03. The molecule has 0 spiro atoms. The molecular weight excluding hydrogens is 372 g/mol. The number of nitrogens with two attached hydrogens (primary N) is 1. The van der Waals surface area contributed by atoms with Crippen LogP contribution in [0.1, 0.15) is 30.6 Å². The van der Waals surface area contributed by atoms with Crippen LogP contribution in [0, 0.1) is 5.92 Å². The van der Waals surface area contributed by atoms with Gasteiger partial charge in [-0.15, -0.1) is 0 Å². The number of carbonyl (C=O) groups is 1. The van der Waals surface area contributed by atoms with E-state index in [0.717, 1.165) is 24.8 Å². The molecule has 1 aliphatic rings. The summed E-state index contributed by atoms with van der Waals surface area (Å²) in [5.41, 5.74) is 5.81. The van der Waals surface area contributed by atoms with Crippen LogP contribution >= 0.6 is 0 Å². The molecule has 8 nitrogen and oxygen atoms in total. The second-order valence-corrected chi connectivity index (χ2v) is 7.20. The van der Waals surface area contributed by atoms with E-state index in [1.165, 1.54) is 15.7 Å². The van der Waals surface area contributed by atoms with Crippen LogP contribution in [0.5, 0.6) is 0 Å². The summed E-state index contributed by atoms with van der Waals surface area (Å²) in [7, 11) is 0. The molecule has 1 aromatic carbocycles. The number of anilines is 2. The topological polar surface area (TPSA) is 114 Å². The summed E-state index contributed by atoms with van der Waals surface area (Å²) >= 11 is 0. The smallest absolute Gasteiger partial charge is 0.330 e. The van der Waals surface area contributed by atoms with Crippen LogP contribution in [-0.2, 0) is 17.9 Å². The van der Waals surface area contributed by atoms with Crippen LogP contribution in [0.4, 0.5) is 11.5 Å². The first kappa shape index (κ1) is 18.8. The number of aromatic amines is 1. The normalized spacial score (nSPS) is 13.8. The van der Waals surface area contributed by atoms with Crippen molar-refractivity contribution in [2.45, 2.75) is 32.4 Å². The first-order valence-corrected chi connectivity index (χ1v) is 9.55. The second kappa shape index (κ2) is 7.83. The van der Waals surface area contributed by atoms with Gasteiger partial charge in [0.25, 0.3) is 5.56 Å². The lowest BCUT2D eigenvalue weighted by molar-refractivity contribution is -0.124. The minimum atomic E-state index is -0.684. The number of benzene rings is 1. The Balaban J connectivity index is 1.78. The number of furan rings is 1. The van der Waals surface area contributed by atoms with E-state index in [0.29, 0.717) is 5.76 Å². The Kier molecular flexibility index (Phi) is 5.07. The van der Waals surface area contributed by atoms with E-state index in [-0.39, 0.29) is 36.4 Å². The maximum Gasteiger partial charge on any atom is 0.330 e. The van der Waals surface area contributed by atoms with E-state index in [2.05, 4.69) is 4.98 Å². The Hall–Kier alpha value is -3.55. The van der Waals surface area contributed by atoms with Gasteiger partial charge in [-0.2, -0.15) is 0 Å². The van der Waals surface area contributed by atoms with Crippen molar-refractivity contribution in [1.82, 2.24) is 9.55 Å². The van der Waals surface area contributed by atoms with Crippen LogP contribution in [0.25, 0.3) is 0 Å². The molecule has 0 bridgehead atoms. The molecule has 150 valence electrons. The number of nitrogens with one attached hydrogen (secondary N) is 1. The lowest BCUT2D eigenvalue weighted by atomic mass is 9.84. The maximum absolute atomic E-state index is 13.1. The van der Waals surface area contributed by atoms with Gasteiger partial charge in [0.1, 0.15) is 11.6 Å². The van der Waals surface area contributed by atoms with Crippen molar-refractivity contribution >= 4 is 17.4 Å². The molecule has 8 heteroatoms. The summed E-state index contributed by atoms with van der Waals surface area (Å²) < 4.78 is 6.65. The van der Waals surface area contributed by atoms with E-state index < -0.39 is 11.2 Å². The van der Waals surface area contributed by atoms with E-state index in [1.807, 2.05) is 30.3 Å². The zero-order chi connectivity index (χ0) is 20.4. The molecule has 0 saturated heterocycles. The zero-order valence-corrected chi connectivity index (χ0v) is 15.8. The molecular formula is C21H22N4O4. The van der Waals surface area contributed by atoms with Crippen molar-refractivity contribution in [2.24, 2.45) is 5.92 Å². The van der Waals surface area contributed by atoms with Gasteiger partial charge in [0.05, 0.1) is 19.4 Å². The number of H-pyrrole nitrogens is 1. The molecule has 3 N–H and O–H groups in total. The van der Waals surface area contributed by atoms with Crippen molar-refractivity contribution in [3.8, 4) is 0 Å². The molecule has 4 rings (SSSR count). The molecule has 29 heavy (non-hydrogen) atoms. The maximum atomic E-state index is 13.1. The first-order valence-electron chi connectivity index (χ1n) is 9.55. The third kappa shape index (κ3) is 3.73. The van der Waals surface area contributed by atoms with Gasteiger partial charge in [-0.3, -0.25) is 24.0 Å². The number of hydrogen-bond donors (Lipinski definition) is 2. The van der Waals surface area contributed by atoms with Gasteiger partial charge in [-0.05, 0) is 30.5 Å². The summed E-state index contributed by atoms with van der Waals surface area (Å²) in [6, 6.07) is 12.7. The first-order chi connectivity index (χ1) is 14.0. The van der Waals surface area contributed by atoms with E-state index in [1.54, 1.807) is 12.1 Å². The van der Waals surface area contributed by atoms with Gasteiger partial charge in [0.15, 0.2) is 5.69 Å². The predicted molar refractivity (Wildman–Crippen MR) is 109 cm³/mol. The lowest BCUT2D eigenvalue weighted by Crippen LogP contribution is -2.44. The van der Waals surface area contributed by atoms with Gasteiger partial charge in [-0.1, -0.05) is 36.8 Å². The number of rotatable bonds is 6. The second-order valence-electron chi connectivity index (χ2n) is 7.20. The van der Waals surface area contributed by atoms with Gasteiger partial charge >= 0.3 is 5.69 Å². The number of nitrogens with zero attached hydrogens (tertiary/aromatic N) is 2. The largest absolute Gasteiger partial charge is 0.467 e. The molecule has 0 radical (unpaired) electrons. The van der Waals surface area contributed by atoms with Crippen LogP contribution in [-0.4, -0.2) is 15.5 Å². The van der Waals surface area contributed by atoms with Crippen molar-refractivity contribution in [3.63, 3.8) is 0 Å². The molecule has 1 aliphatic carbocycles. The van der Waals surface area contributed by atoms with Gasteiger partial charge in [0, 0.05) is 5.92 Å². The molecule has 2 heterocycles. The number of aromatic nitrogens is 2. The Morgan fingerprint density at radius 3 is 2.55 bits per heavy atom. The third-order valence-electron chi connectivity index (χ3n) is 5.28. The highest BCUT2D eigenvalue weighted by Crippen LogP contribution is 2.31. The van der Waals surface area contributed by atoms with Crippen LogP contribution in [0.15, 0.2) is 62.7 Å². The Labute approximate surface area is 166 Å². The Morgan fingerprint density at radius 2 is 1.93 bits per heavy atom. The molecule has 2 aromatic heterocycles. The average Bonchev–Trinajstić information content (AvgIpc) is 3.17. The molecule has 0 aliphatic heterocycles. The average molecular weight is 394 g/mol. The number of nitrogen functional groups attached to an aromatic ring is 1. The molecule has 1 fully saturated rings. The zero-order valence-electron chi connectivity index (χ0n) is 15.8. The molecule has 0 unspecified atom stereocenters. The van der Waals surface area contributed by atoms with Gasteiger partial charge in [0.2, 0.25) is 5.91 Å². The highest BCUT2D eigenvalue weighted by Gasteiger charge is 2.33. The fourth-order valence-corrected chi connectivity index (χ4v) is 3.46. The van der Waals surface area contributed by atoms with E-state index in [4.69, 9.17) is 10.2 Å². The standard InChI is InChI=1S/C21H22N4O4/c22-18-17(19(26)23-21(28)25(18)12-14-6-2-1-3-7-14)24(13-16-10-5-11-29-16)20(27)15-8-4-9-15/h1-3,5-7,10-11,15H,4,8-9,12-13,22H2,(H,23,26,28). The van der Waals surface area contributed by atoms with Crippen LogP contribution in [0.2, 0.25) is 0 Å². The molecule has 3 aromatic rings. The van der Waals surface area contributed by atoms with Gasteiger partial charge in [-0.25, -0.2) is 4.79 Å². The lowest BCUT2D eigenvalue weighted by Gasteiger charge is -2.31. The summed E-state index contributed by atoms with van der Waals surface area (Å²) in [5.74, 6) is 0.145. The Morgan fingerprint density at radius 1 is 1.17 bits per heavy atom. The monoisotopic (exact) mass is 394 g/mol. The van der Waals surface area contributed by atoms with Crippen molar-refractivity contribution in [3.05, 3.63) is 80.9 Å². The number of amides is 1. The van der Waals surface area contributed by atoms with Gasteiger partial charge < -0.3 is 10.2 Å². The molecule has 0 atom stereocenters. The van der Waals surface area contributed by atoms with Crippen LogP contribution < -0.4 is 21.9 Å². The van der Waals surface area contributed by atoms with E-state index in [9.17, 15) is 14.4 Å². The summed E-state index contributed by atoms with van der Waals surface area (Å²) in [5, 5.41) is 0. The molecule has 1 saturated carbocycles. The third-order valence-corrected chi connectivity index (χ3v) is 5.28. The number of carbonyl (C=O) groups excluding carboxylic acids is 1. The SMILES string of the molecule is Nc1c(N(Cc2ccco2)C(=O)C2CCC2)c(=O)[nH]c(=O)n1Cc1ccccc1. The van der Waals surface area contributed by atoms with E-state index >= 15 is 0 Å². The summed E-state index contributed by atoms with van der Waals surface area (Å²) in [4.78, 5) is 41.9. The quantitative estimate of drug-likeness (QED) is 0.664. The minimum Gasteiger partial charge on any atom is -0.467 e. The van der Waals surface area contributed by atoms with Crippen molar-refractivity contribution in [2.75, 3.05) is 10.6 Å². The fourth-order valence-electron chi connectivity index (χ4n) is 3.46. The predicted octanol–water partition coefficient (Wildman–Crippen LogP) is 2.09. The van der Waals surface area contributed by atoms with Crippen molar-refractivity contribution < 1.29 is 9.21 Å². The Bertz CT molecular complexity index is 1110.